The van der Waals surface area contributed by atoms with Crippen LogP contribution in [0, 0.1) is 0 Å². The number of hydrogen-bond donors (Lipinski definition) is 2. The molecule has 3 atom stereocenters. The second-order valence-corrected chi connectivity index (χ2v) is 12.1. The maximum absolute atomic E-state index is 12.9. The number of rotatable bonds is 10. The number of nitrogens with zero attached hydrogens (tertiary/aromatic N) is 1. The van der Waals surface area contributed by atoms with Crippen LogP contribution in [0.4, 0.5) is 5.69 Å². The molecular weight excluding hydrogens is 417 g/mol. The van der Waals surface area contributed by atoms with Gasteiger partial charge in [0.1, 0.15) is 6.61 Å². The first kappa shape index (κ1) is 23.8. The van der Waals surface area contributed by atoms with Gasteiger partial charge in [-0.1, -0.05) is 45.0 Å². The molecule has 28 heavy (non-hydrogen) atoms. The van der Waals surface area contributed by atoms with E-state index < -0.39 is 12.0 Å². The van der Waals surface area contributed by atoms with E-state index >= 15 is 0 Å². The van der Waals surface area contributed by atoms with Crippen molar-refractivity contribution in [2.24, 2.45) is 0 Å². The summed E-state index contributed by atoms with van der Waals surface area (Å²) in [7, 11) is 0. The highest BCUT2D eigenvalue weighted by Gasteiger charge is 2.28. The molecule has 1 fully saturated rings. The molecule has 158 valence electrons. The fourth-order valence-corrected chi connectivity index (χ4v) is 3.77. The van der Waals surface area contributed by atoms with Crippen LogP contribution in [0.25, 0.3) is 0 Å². The van der Waals surface area contributed by atoms with Crippen molar-refractivity contribution in [1.82, 2.24) is 0 Å². The lowest BCUT2D eigenvalue weighted by atomic mass is 10.0. The highest BCUT2D eigenvalue weighted by atomic mass is 32.9. The average molecular weight is 448 g/mol. The molecule has 1 aliphatic rings. The molecule has 1 aliphatic heterocycles. The van der Waals surface area contributed by atoms with Crippen LogP contribution >= 0.6 is 17.9 Å². The van der Waals surface area contributed by atoms with Gasteiger partial charge in [0.15, 0.2) is 6.29 Å². The zero-order valence-corrected chi connectivity index (χ0v) is 19.3. The normalized spacial score (nSPS) is 21.5. The SMILES string of the molecule is CCCc1cc(CCC)cc(N(C[C@H]2OCC(C)O2)C(=O)COP(O)(=S)S)c1. The van der Waals surface area contributed by atoms with Gasteiger partial charge in [0.2, 0.25) is 5.69 Å². The molecular formula is C19H30NO5PS2. The molecule has 1 saturated heterocycles. The minimum atomic E-state index is -3.22. The Hall–Kier alpha value is -0.470. The number of hydrogen-bond acceptors (Lipinski definition) is 5. The molecule has 0 aromatic heterocycles. The Morgan fingerprint density at radius 2 is 1.93 bits per heavy atom. The molecule has 0 radical (unpaired) electrons. The van der Waals surface area contributed by atoms with E-state index in [1.165, 1.54) is 11.1 Å². The van der Waals surface area contributed by atoms with Gasteiger partial charge >= 0.3 is 0 Å². The molecule has 0 aliphatic carbocycles. The molecule has 1 amide bonds. The number of carbonyl (C=O) groups is 1. The molecule has 2 rings (SSSR count). The van der Waals surface area contributed by atoms with Crippen molar-refractivity contribution in [3.8, 4) is 0 Å². The Morgan fingerprint density at radius 1 is 1.32 bits per heavy atom. The lowest BCUT2D eigenvalue weighted by Crippen LogP contribution is -2.40. The van der Waals surface area contributed by atoms with Gasteiger partial charge in [0.05, 0.1) is 19.3 Å². The number of ether oxygens (including phenoxy) is 2. The van der Waals surface area contributed by atoms with E-state index in [0.29, 0.717) is 6.61 Å². The third kappa shape index (κ3) is 7.75. The number of thiol groups is 1. The summed E-state index contributed by atoms with van der Waals surface area (Å²) in [6.07, 6.45) is 3.39. The maximum atomic E-state index is 12.9. The number of amides is 1. The van der Waals surface area contributed by atoms with E-state index in [0.717, 1.165) is 31.4 Å². The van der Waals surface area contributed by atoms with Gasteiger partial charge in [-0.15, -0.1) is 0 Å². The summed E-state index contributed by atoms with van der Waals surface area (Å²) < 4.78 is 16.5. The molecule has 9 heteroatoms. The van der Waals surface area contributed by atoms with Crippen molar-refractivity contribution in [1.29, 1.82) is 0 Å². The van der Waals surface area contributed by atoms with E-state index in [-0.39, 0.29) is 25.2 Å². The maximum Gasteiger partial charge on any atom is 0.253 e. The summed E-state index contributed by atoms with van der Waals surface area (Å²) in [6, 6.07) is 6.24. The molecule has 1 aromatic carbocycles. The number of carbonyl (C=O) groups excluding carboxylic acids is 1. The Balaban J connectivity index is 2.30. The highest BCUT2D eigenvalue weighted by molar-refractivity contribution is 8.59. The van der Waals surface area contributed by atoms with Gasteiger partial charge in [-0.2, -0.15) is 0 Å². The zero-order valence-electron chi connectivity index (χ0n) is 16.7. The molecule has 0 spiro atoms. The van der Waals surface area contributed by atoms with Crippen LogP contribution in [0.2, 0.25) is 0 Å². The van der Waals surface area contributed by atoms with Gasteiger partial charge in [-0.25, -0.2) is 0 Å². The first-order chi connectivity index (χ1) is 13.2. The molecule has 1 aromatic rings. The van der Waals surface area contributed by atoms with Crippen LogP contribution in [0.3, 0.4) is 0 Å². The first-order valence-electron chi connectivity index (χ1n) is 9.62. The van der Waals surface area contributed by atoms with Gasteiger partial charge in [-0.3, -0.25) is 4.79 Å². The Morgan fingerprint density at radius 3 is 2.39 bits per heavy atom. The molecule has 6 nitrogen and oxygen atoms in total. The van der Waals surface area contributed by atoms with Crippen molar-refractivity contribution < 1.29 is 23.7 Å². The largest absolute Gasteiger partial charge is 0.348 e. The van der Waals surface area contributed by atoms with Crippen molar-refractivity contribution in [3.05, 3.63) is 29.3 Å². The second-order valence-electron chi connectivity index (χ2n) is 6.99. The van der Waals surface area contributed by atoms with Gasteiger partial charge in [-0.05, 0) is 54.8 Å². The van der Waals surface area contributed by atoms with E-state index in [2.05, 4.69) is 32.2 Å². The average Bonchev–Trinajstić information content (AvgIpc) is 3.02. The Kier molecular flexibility index (Phi) is 9.41. The second kappa shape index (κ2) is 11.1. The Bertz CT molecular complexity index is 687. The summed E-state index contributed by atoms with van der Waals surface area (Å²) >= 11 is 8.61. The summed E-state index contributed by atoms with van der Waals surface area (Å²) in [4.78, 5) is 24.1. The number of aryl methyl sites for hydroxylation is 2. The lowest BCUT2D eigenvalue weighted by molar-refractivity contribution is -0.122. The molecule has 1 N–H and O–H groups in total. The van der Waals surface area contributed by atoms with Gasteiger partial charge in [0, 0.05) is 5.69 Å². The summed E-state index contributed by atoms with van der Waals surface area (Å²) in [5.41, 5.74) is -0.0703. The smallest absolute Gasteiger partial charge is 0.253 e. The standard InChI is InChI=1S/C19H30NO5PS2/c1-4-6-15-8-16(7-5-2)10-17(9-15)20(11-19-23-12-14(3)25-19)18(21)13-24-26(22,27)28/h8-10,14,19H,4-7,11-13H2,1-3H3,(H2,22,27,28)/t14?,19-/m0/s1. The van der Waals surface area contributed by atoms with Crippen LogP contribution in [-0.2, 0) is 43.4 Å². The fourth-order valence-electron chi connectivity index (χ4n) is 3.16. The number of benzene rings is 1. The van der Waals surface area contributed by atoms with Crippen LogP contribution in [0.1, 0.15) is 44.7 Å². The van der Waals surface area contributed by atoms with Crippen LogP contribution in [0.5, 0.6) is 0 Å². The summed E-state index contributed by atoms with van der Waals surface area (Å²) in [5, 5.41) is 0. The first-order valence-corrected chi connectivity index (χ1v) is 13.4. The fraction of sp³-hybridized carbons (Fsp3) is 0.632. The van der Waals surface area contributed by atoms with E-state index in [4.69, 9.17) is 25.8 Å². The van der Waals surface area contributed by atoms with Crippen LogP contribution < -0.4 is 4.90 Å². The minimum absolute atomic E-state index is 0.0126. The van der Waals surface area contributed by atoms with Crippen LogP contribution in [0.15, 0.2) is 18.2 Å². The molecule has 1 heterocycles. The predicted octanol–water partition coefficient (Wildman–Crippen LogP) is 3.85. The van der Waals surface area contributed by atoms with Gasteiger partial charge < -0.3 is 23.8 Å². The van der Waals surface area contributed by atoms with E-state index in [9.17, 15) is 9.69 Å². The van der Waals surface area contributed by atoms with Crippen molar-refractivity contribution >= 4 is 41.3 Å². The van der Waals surface area contributed by atoms with Crippen LogP contribution in [-0.4, -0.2) is 43.0 Å². The summed E-state index contributed by atoms with van der Waals surface area (Å²) in [5.74, 6) is -0.319. The number of anilines is 1. The highest BCUT2D eigenvalue weighted by Crippen LogP contribution is 2.47. The lowest BCUT2D eigenvalue weighted by Gasteiger charge is -2.27. The van der Waals surface area contributed by atoms with E-state index in [1.807, 2.05) is 19.1 Å². The molecule has 2 unspecified atom stereocenters. The van der Waals surface area contributed by atoms with Crippen molar-refractivity contribution in [3.63, 3.8) is 0 Å². The third-order valence-electron chi connectivity index (χ3n) is 4.32. The van der Waals surface area contributed by atoms with E-state index in [1.54, 1.807) is 4.90 Å². The van der Waals surface area contributed by atoms with Gasteiger partial charge in [0.25, 0.3) is 5.91 Å². The molecule has 0 bridgehead atoms. The van der Waals surface area contributed by atoms with Crippen molar-refractivity contribution in [2.45, 2.75) is 58.8 Å². The third-order valence-corrected chi connectivity index (χ3v) is 5.44. The topological polar surface area (TPSA) is 68.2 Å². The van der Waals surface area contributed by atoms with Crippen molar-refractivity contribution in [2.75, 3.05) is 24.7 Å². The molecule has 0 saturated carbocycles. The minimum Gasteiger partial charge on any atom is -0.348 e. The Labute approximate surface area is 177 Å². The quantitative estimate of drug-likeness (QED) is 0.420. The predicted molar refractivity (Wildman–Crippen MR) is 119 cm³/mol. The zero-order chi connectivity index (χ0) is 20.7. The summed E-state index contributed by atoms with van der Waals surface area (Å²) in [6.45, 7) is 6.58. The monoisotopic (exact) mass is 447 g/mol.